The molecule has 1 unspecified atom stereocenters. The van der Waals surface area contributed by atoms with Gasteiger partial charge in [0.15, 0.2) is 11.0 Å². The molecule has 1 fully saturated rings. The number of rotatable bonds is 4. The molecule has 1 atom stereocenters. The molecule has 3 rings (SSSR count). The van der Waals surface area contributed by atoms with E-state index in [0.717, 1.165) is 43.4 Å². The van der Waals surface area contributed by atoms with E-state index in [1.165, 1.54) is 11.5 Å². The maximum Gasteiger partial charge on any atom is 0.243 e. The van der Waals surface area contributed by atoms with Crippen LogP contribution in [-0.2, 0) is 6.42 Å². The number of hydrogen-bond acceptors (Lipinski definition) is 8. The molecular formula is C14H17ClN6OS. The van der Waals surface area contributed by atoms with Crippen LogP contribution in [0.2, 0.25) is 5.15 Å². The van der Waals surface area contributed by atoms with E-state index in [4.69, 9.17) is 16.1 Å². The van der Waals surface area contributed by atoms with Gasteiger partial charge in [-0.25, -0.2) is 0 Å². The third-order valence-corrected chi connectivity index (χ3v) is 5.33. The van der Waals surface area contributed by atoms with Crippen molar-refractivity contribution in [2.45, 2.75) is 26.3 Å². The number of nitrogens with zero attached hydrogens (tertiary/aromatic N) is 6. The van der Waals surface area contributed by atoms with Crippen LogP contribution in [0.5, 0.6) is 0 Å². The molecule has 3 heterocycles. The Morgan fingerprint density at radius 1 is 1.39 bits per heavy atom. The highest BCUT2D eigenvalue weighted by atomic mass is 35.5. The first kappa shape index (κ1) is 16.2. The quantitative estimate of drug-likeness (QED) is 0.835. The van der Waals surface area contributed by atoms with Gasteiger partial charge in [0.25, 0.3) is 0 Å². The minimum atomic E-state index is 0.0884. The highest BCUT2D eigenvalue weighted by Gasteiger charge is 2.28. The van der Waals surface area contributed by atoms with Gasteiger partial charge < -0.3 is 9.42 Å². The predicted molar refractivity (Wildman–Crippen MR) is 87.7 cm³/mol. The van der Waals surface area contributed by atoms with Gasteiger partial charge in [-0.1, -0.05) is 23.7 Å². The topological polar surface area (TPSA) is 82.1 Å². The number of halogens is 1. The molecule has 1 aliphatic heterocycles. The van der Waals surface area contributed by atoms with Crippen molar-refractivity contribution in [1.82, 2.24) is 19.4 Å². The van der Waals surface area contributed by atoms with Crippen molar-refractivity contribution in [3.63, 3.8) is 0 Å². The average molecular weight is 353 g/mol. The standard InChI is InChI=1S/C14H17ClN6OS/c1-3-11-17-13(22-18-11)9(2)20-4-6-21(7-5-20)14-10(8-16)12(15)19-23-14/h9H,3-7H2,1-2H3. The molecular weight excluding hydrogens is 336 g/mol. The lowest BCUT2D eigenvalue weighted by molar-refractivity contribution is 0.164. The number of anilines is 1. The van der Waals surface area contributed by atoms with Gasteiger partial charge in [-0.3, -0.25) is 4.90 Å². The summed E-state index contributed by atoms with van der Waals surface area (Å²) in [6.45, 7) is 7.41. The SMILES string of the molecule is CCc1noc(C(C)N2CCN(c3snc(Cl)c3C#N)CC2)n1. The summed E-state index contributed by atoms with van der Waals surface area (Å²) in [5.74, 6) is 1.40. The van der Waals surface area contributed by atoms with Crippen LogP contribution in [0, 0.1) is 11.3 Å². The van der Waals surface area contributed by atoms with Gasteiger partial charge in [-0.05, 0) is 18.5 Å². The molecule has 2 aromatic rings. The molecule has 0 amide bonds. The largest absolute Gasteiger partial charge is 0.358 e. The van der Waals surface area contributed by atoms with Crippen molar-refractivity contribution in [3.05, 3.63) is 22.4 Å². The molecule has 0 radical (unpaired) electrons. The Morgan fingerprint density at radius 2 is 2.13 bits per heavy atom. The van der Waals surface area contributed by atoms with Gasteiger partial charge in [-0.15, -0.1) is 0 Å². The third kappa shape index (κ3) is 3.17. The number of piperazine rings is 1. The van der Waals surface area contributed by atoms with Gasteiger partial charge >= 0.3 is 0 Å². The fourth-order valence-corrected chi connectivity index (χ4v) is 3.70. The van der Waals surface area contributed by atoms with Crippen molar-refractivity contribution in [1.29, 1.82) is 5.26 Å². The summed E-state index contributed by atoms with van der Waals surface area (Å²) in [6.07, 6.45) is 0.771. The highest BCUT2D eigenvalue weighted by Crippen LogP contribution is 2.32. The van der Waals surface area contributed by atoms with E-state index in [0.29, 0.717) is 16.6 Å². The molecule has 0 spiro atoms. The number of nitriles is 1. The predicted octanol–water partition coefficient (Wildman–Crippen LogP) is 2.50. The van der Waals surface area contributed by atoms with E-state index in [1.54, 1.807) is 0 Å². The second-order valence-electron chi connectivity index (χ2n) is 5.37. The maximum atomic E-state index is 9.20. The van der Waals surface area contributed by atoms with Gasteiger partial charge in [0.1, 0.15) is 16.6 Å². The Bertz CT molecular complexity index is 715. The lowest BCUT2D eigenvalue weighted by Crippen LogP contribution is -2.47. The minimum absolute atomic E-state index is 0.0884. The Morgan fingerprint density at radius 3 is 2.74 bits per heavy atom. The van der Waals surface area contributed by atoms with E-state index in [-0.39, 0.29) is 6.04 Å². The maximum absolute atomic E-state index is 9.20. The number of hydrogen-bond donors (Lipinski definition) is 0. The summed E-state index contributed by atoms with van der Waals surface area (Å²) >= 11 is 7.23. The summed E-state index contributed by atoms with van der Waals surface area (Å²) in [4.78, 5) is 8.88. The average Bonchev–Trinajstić information content (AvgIpc) is 3.20. The van der Waals surface area contributed by atoms with Crippen LogP contribution in [0.4, 0.5) is 5.00 Å². The van der Waals surface area contributed by atoms with Crippen LogP contribution < -0.4 is 4.90 Å². The van der Waals surface area contributed by atoms with Crippen LogP contribution in [-0.4, -0.2) is 45.6 Å². The second kappa shape index (κ2) is 6.83. The highest BCUT2D eigenvalue weighted by molar-refractivity contribution is 7.10. The second-order valence-corrected chi connectivity index (χ2v) is 6.48. The van der Waals surface area contributed by atoms with Gasteiger partial charge in [-0.2, -0.15) is 14.6 Å². The number of aryl methyl sites for hydroxylation is 1. The number of aromatic nitrogens is 3. The van der Waals surface area contributed by atoms with Crippen molar-refractivity contribution in [3.8, 4) is 6.07 Å². The lowest BCUT2D eigenvalue weighted by Gasteiger charge is -2.37. The van der Waals surface area contributed by atoms with E-state index >= 15 is 0 Å². The Hall–Kier alpha value is -1.69. The van der Waals surface area contributed by atoms with E-state index < -0.39 is 0 Å². The van der Waals surface area contributed by atoms with E-state index in [9.17, 15) is 5.26 Å². The van der Waals surface area contributed by atoms with Crippen molar-refractivity contribution < 1.29 is 4.52 Å². The zero-order valence-corrected chi connectivity index (χ0v) is 14.6. The smallest absolute Gasteiger partial charge is 0.243 e. The van der Waals surface area contributed by atoms with Crippen LogP contribution >= 0.6 is 23.1 Å². The Labute approximate surface area is 143 Å². The molecule has 122 valence electrons. The summed E-state index contributed by atoms with van der Waals surface area (Å²) in [5.41, 5.74) is 0.475. The fourth-order valence-electron chi connectivity index (χ4n) is 2.62. The van der Waals surface area contributed by atoms with E-state index in [2.05, 4.69) is 37.3 Å². The minimum Gasteiger partial charge on any atom is -0.358 e. The molecule has 23 heavy (non-hydrogen) atoms. The summed E-state index contributed by atoms with van der Waals surface area (Å²) in [5, 5.41) is 14.3. The van der Waals surface area contributed by atoms with Gasteiger partial charge in [0, 0.05) is 32.6 Å². The monoisotopic (exact) mass is 352 g/mol. The third-order valence-electron chi connectivity index (χ3n) is 4.05. The van der Waals surface area contributed by atoms with Crippen LogP contribution in [0.25, 0.3) is 0 Å². The van der Waals surface area contributed by atoms with Crippen LogP contribution in [0.1, 0.15) is 37.2 Å². The zero-order chi connectivity index (χ0) is 16.4. The van der Waals surface area contributed by atoms with E-state index in [1.807, 2.05) is 6.92 Å². The van der Waals surface area contributed by atoms with Gasteiger partial charge in [0.2, 0.25) is 5.89 Å². The Kier molecular flexibility index (Phi) is 4.80. The molecule has 1 saturated heterocycles. The first-order chi connectivity index (χ1) is 11.1. The molecule has 0 N–H and O–H groups in total. The molecule has 0 bridgehead atoms. The molecule has 0 aliphatic carbocycles. The fraction of sp³-hybridized carbons (Fsp3) is 0.571. The first-order valence-electron chi connectivity index (χ1n) is 7.50. The molecule has 9 heteroatoms. The van der Waals surface area contributed by atoms with Crippen LogP contribution in [0.15, 0.2) is 4.52 Å². The molecule has 1 aliphatic rings. The molecule has 7 nitrogen and oxygen atoms in total. The van der Waals surface area contributed by atoms with Crippen molar-refractivity contribution in [2.24, 2.45) is 0 Å². The molecule has 2 aromatic heterocycles. The normalized spacial score (nSPS) is 17.2. The van der Waals surface area contributed by atoms with Crippen molar-refractivity contribution in [2.75, 3.05) is 31.1 Å². The summed E-state index contributed by atoms with van der Waals surface area (Å²) in [7, 11) is 0. The molecule has 0 aromatic carbocycles. The molecule has 0 saturated carbocycles. The Balaban J connectivity index is 1.65. The zero-order valence-electron chi connectivity index (χ0n) is 13.0. The van der Waals surface area contributed by atoms with Crippen molar-refractivity contribution >= 4 is 28.1 Å². The first-order valence-corrected chi connectivity index (χ1v) is 8.66. The summed E-state index contributed by atoms with van der Waals surface area (Å²) in [6, 6.07) is 2.23. The summed E-state index contributed by atoms with van der Waals surface area (Å²) < 4.78 is 9.41. The lowest BCUT2D eigenvalue weighted by atomic mass is 10.2. The van der Waals surface area contributed by atoms with Crippen LogP contribution in [0.3, 0.4) is 0 Å². The van der Waals surface area contributed by atoms with Gasteiger partial charge in [0.05, 0.1) is 6.04 Å².